The topological polar surface area (TPSA) is 98.3 Å². The van der Waals surface area contributed by atoms with Crippen LogP contribution in [0.1, 0.15) is 17.0 Å². The molecule has 1 aromatic heterocycles. The van der Waals surface area contributed by atoms with E-state index in [-0.39, 0.29) is 17.3 Å². The molecular formula is C14H15N3O4S. The summed E-state index contributed by atoms with van der Waals surface area (Å²) in [7, 11) is 0. The molecule has 1 aromatic carbocycles. The van der Waals surface area contributed by atoms with E-state index in [1.807, 2.05) is 13.8 Å². The standard InChI is InChI=1S/C14H15N3O4S/c1-8-6-11(17(19)20)4-5-12(8)16-13(18)7-22-14-15-9(2)10(3)21-14/h4-6H,7H2,1-3H3,(H,16,18). The molecule has 7 nitrogen and oxygen atoms in total. The van der Waals surface area contributed by atoms with Gasteiger partial charge in [-0.3, -0.25) is 14.9 Å². The summed E-state index contributed by atoms with van der Waals surface area (Å²) in [5.41, 5.74) is 1.98. The number of hydrogen-bond donors (Lipinski definition) is 1. The summed E-state index contributed by atoms with van der Waals surface area (Å²) < 4.78 is 5.38. The molecule has 1 amide bonds. The molecular weight excluding hydrogens is 306 g/mol. The highest BCUT2D eigenvalue weighted by molar-refractivity contribution is 7.99. The molecule has 0 fully saturated rings. The lowest BCUT2D eigenvalue weighted by Crippen LogP contribution is -2.14. The van der Waals surface area contributed by atoms with Gasteiger partial charge < -0.3 is 9.73 Å². The van der Waals surface area contributed by atoms with Crippen LogP contribution in [-0.2, 0) is 4.79 Å². The minimum absolute atomic E-state index is 0.00406. The van der Waals surface area contributed by atoms with E-state index >= 15 is 0 Å². The number of amides is 1. The first-order valence-electron chi connectivity index (χ1n) is 6.48. The number of carbonyl (C=O) groups excluding carboxylic acids is 1. The number of aryl methyl sites for hydroxylation is 3. The molecule has 0 saturated carbocycles. The fourth-order valence-corrected chi connectivity index (χ4v) is 2.43. The fraction of sp³-hybridized carbons (Fsp3) is 0.286. The second-order valence-corrected chi connectivity index (χ2v) is 5.64. The highest BCUT2D eigenvalue weighted by Crippen LogP contribution is 2.23. The number of nitrogens with zero attached hydrogens (tertiary/aromatic N) is 2. The molecule has 0 unspecified atom stereocenters. The Labute approximate surface area is 131 Å². The third-order valence-corrected chi connectivity index (χ3v) is 3.86. The van der Waals surface area contributed by atoms with Crippen molar-refractivity contribution in [2.24, 2.45) is 0 Å². The van der Waals surface area contributed by atoms with Crippen LogP contribution >= 0.6 is 11.8 Å². The van der Waals surface area contributed by atoms with Crippen LogP contribution in [0, 0.1) is 30.9 Å². The van der Waals surface area contributed by atoms with Gasteiger partial charge >= 0.3 is 0 Å². The molecule has 116 valence electrons. The van der Waals surface area contributed by atoms with Crippen LogP contribution in [-0.4, -0.2) is 21.6 Å². The van der Waals surface area contributed by atoms with Crippen LogP contribution in [0.5, 0.6) is 0 Å². The van der Waals surface area contributed by atoms with Gasteiger partial charge in [0.2, 0.25) is 5.91 Å². The van der Waals surface area contributed by atoms with Crippen LogP contribution in [0.3, 0.4) is 0 Å². The predicted molar refractivity (Wildman–Crippen MR) is 83.2 cm³/mol. The Morgan fingerprint density at radius 1 is 1.41 bits per heavy atom. The Balaban J connectivity index is 1.96. The number of anilines is 1. The molecule has 0 saturated heterocycles. The average Bonchev–Trinajstić information content (AvgIpc) is 2.77. The van der Waals surface area contributed by atoms with Gasteiger partial charge in [0.05, 0.1) is 16.4 Å². The number of rotatable bonds is 5. The van der Waals surface area contributed by atoms with Gasteiger partial charge in [-0.2, -0.15) is 0 Å². The van der Waals surface area contributed by atoms with E-state index in [2.05, 4.69) is 10.3 Å². The Bertz CT molecular complexity index is 707. The normalized spacial score (nSPS) is 10.5. The van der Waals surface area contributed by atoms with Crippen molar-refractivity contribution >= 4 is 29.0 Å². The second-order valence-electron chi connectivity index (χ2n) is 4.71. The number of nitro benzene ring substituents is 1. The zero-order valence-electron chi connectivity index (χ0n) is 12.4. The molecule has 0 aliphatic rings. The Hall–Kier alpha value is -2.35. The van der Waals surface area contributed by atoms with Crippen molar-refractivity contribution in [1.82, 2.24) is 4.98 Å². The number of thioether (sulfide) groups is 1. The third kappa shape index (κ3) is 3.85. The van der Waals surface area contributed by atoms with Gasteiger partial charge in [0.1, 0.15) is 5.76 Å². The molecule has 0 bridgehead atoms. The van der Waals surface area contributed by atoms with E-state index in [0.717, 1.165) is 11.5 Å². The molecule has 1 heterocycles. The van der Waals surface area contributed by atoms with Crippen molar-refractivity contribution in [2.45, 2.75) is 26.0 Å². The molecule has 0 atom stereocenters. The molecule has 22 heavy (non-hydrogen) atoms. The maximum Gasteiger partial charge on any atom is 0.269 e. The van der Waals surface area contributed by atoms with E-state index in [0.29, 0.717) is 16.5 Å². The largest absolute Gasteiger partial charge is 0.437 e. The van der Waals surface area contributed by atoms with Gasteiger partial charge in [-0.1, -0.05) is 11.8 Å². The van der Waals surface area contributed by atoms with Gasteiger partial charge in [0, 0.05) is 17.8 Å². The van der Waals surface area contributed by atoms with Crippen molar-refractivity contribution in [3.63, 3.8) is 0 Å². The van der Waals surface area contributed by atoms with Gasteiger partial charge in [0.25, 0.3) is 10.9 Å². The lowest BCUT2D eigenvalue weighted by molar-refractivity contribution is -0.384. The van der Waals surface area contributed by atoms with E-state index in [1.54, 1.807) is 6.92 Å². The fourth-order valence-electron chi connectivity index (χ4n) is 1.72. The average molecular weight is 321 g/mol. The molecule has 8 heteroatoms. The Kier molecular flexibility index (Phi) is 4.81. The maximum atomic E-state index is 11.9. The second kappa shape index (κ2) is 6.61. The minimum Gasteiger partial charge on any atom is -0.437 e. The summed E-state index contributed by atoms with van der Waals surface area (Å²) in [4.78, 5) is 26.3. The zero-order valence-corrected chi connectivity index (χ0v) is 13.2. The zero-order chi connectivity index (χ0) is 16.3. The SMILES string of the molecule is Cc1cc([N+](=O)[O-])ccc1NC(=O)CSc1nc(C)c(C)o1. The highest BCUT2D eigenvalue weighted by Gasteiger charge is 2.12. The number of aromatic nitrogens is 1. The molecule has 0 aliphatic heterocycles. The van der Waals surface area contributed by atoms with Crippen molar-refractivity contribution in [3.05, 3.63) is 45.3 Å². The maximum absolute atomic E-state index is 11.9. The first kappa shape index (κ1) is 16.0. The van der Waals surface area contributed by atoms with E-state index in [9.17, 15) is 14.9 Å². The van der Waals surface area contributed by atoms with Gasteiger partial charge in [-0.15, -0.1) is 0 Å². The first-order valence-corrected chi connectivity index (χ1v) is 7.47. The third-order valence-electron chi connectivity index (χ3n) is 3.03. The monoisotopic (exact) mass is 321 g/mol. The first-order chi connectivity index (χ1) is 10.4. The summed E-state index contributed by atoms with van der Waals surface area (Å²) in [6, 6.07) is 4.30. The Morgan fingerprint density at radius 3 is 2.68 bits per heavy atom. The molecule has 0 radical (unpaired) electrons. The summed E-state index contributed by atoms with van der Waals surface area (Å²) >= 11 is 1.20. The van der Waals surface area contributed by atoms with E-state index in [1.165, 1.54) is 30.0 Å². The molecule has 2 aromatic rings. The lowest BCUT2D eigenvalue weighted by Gasteiger charge is -2.07. The van der Waals surface area contributed by atoms with Gasteiger partial charge in [0.15, 0.2) is 0 Å². The van der Waals surface area contributed by atoms with Gasteiger partial charge in [-0.05, 0) is 32.4 Å². The van der Waals surface area contributed by atoms with E-state index in [4.69, 9.17) is 4.42 Å². The quantitative estimate of drug-likeness (QED) is 0.515. The van der Waals surface area contributed by atoms with Crippen molar-refractivity contribution in [2.75, 3.05) is 11.1 Å². The van der Waals surface area contributed by atoms with Crippen LogP contribution < -0.4 is 5.32 Å². The molecule has 1 N–H and O–H groups in total. The molecule has 0 spiro atoms. The minimum atomic E-state index is -0.471. The summed E-state index contributed by atoms with van der Waals surface area (Å²) in [6.45, 7) is 5.35. The summed E-state index contributed by atoms with van der Waals surface area (Å²) in [5.74, 6) is 0.653. The predicted octanol–water partition coefficient (Wildman–Crippen LogP) is 3.24. The number of non-ortho nitro benzene ring substituents is 1. The summed E-state index contributed by atoms with van der Waals surface area (Å²) in [5, 5.41) is 13.8. The number of benzene rings is 1. The van der Waals surface area contributed by atoms with Crippen LogP contribution in [0.25, 0.3) is 0 Å². The molecule has 2 rings (SSSR count). The number of nitrogens with one attached hydrogen (secondary N) is 1. The van der Waals surface area contributed by atoms with Crippen molar-refractivity contribution in [3.8, 4) is 0 Å². The number of hydrogen-bond acceptors (Lipinski definition) is 6. The Morgan fingerprint density at radius 2 is 2.14 bits per heavy atom. The van der Waals surface area contributed by atoms with Crippen molar-refractivity contribution < 1.29 is 14.1 Å². The number of nitro groups is 1. The van der Waals surface area contributed by atoms with Crippen LogP contribution in [0.15, 0.2) is 27.8 Å². The van der Waals surface area contributed by atoms with Crippen molar-refractivity contribution in [1.29, 1.82) is 0 Å². The summed E-state index contributed by atoms with van der Waals surface area (Å²) in [6.07, 6.45) is 0. The number of carbonyl (C=O) groups is 1. The molecule has 0 aliphatic carbocycles. The van der Waals surface area contributed by atoms with Gasteiger partial charge in [-0.25, -0.2) is 4.98 Å². The number of oxazole rings is 1. The van der Waals surface area contributed by atoms with Crippen LogP contribution in [0.2, 0.25) is 0 Å². The smallest absolute Gasteiger partial charge is 0.269 e. The van der Waals surface area contributed by atoms with Crippen LogP contribution in [0.4, 0.5) is 11.4 Å². The van der Waals surface area contributed by atoms with E-state index < -0.39 is 4.92 Å². The lowest BCUT2D eigenvalue weighted by atomic mass is 10.2. The highest BCUT2D eigenvalue weighted by atomic mass is 32.2.